The van der Waals surface area contributed by atoms with Crippen molar-refractivity contribution in [1.29, 1.82) is 0 Å². The summed E-state index contributed by atoms with van der Waals surface area (Å²) >= 11 is 2.98. The number of anilines is 1. The summed E-state index contributed by atoms with van der Waals surface area (Å²) in [6.07, 6.45) is 0.787. The molecule has 0 bridgehead atoms. The molecule has 1 aromatic carbocycles. The molecular formula is C15H20N4O2S2. The molecule has 0 aliphatic carbocycles. The minimum Gasteiger partial charge on any atom is -0.382 e. The highest BCUT2D eigenvalue weighted by molar-refractivity contribution is 8.00. The summed E-state index contributed by atoms with van der Waals surface area (Å²) in [6.45, 7) is 3.86. The Balaban J connectivity index is 1.68. The fourth-order valence-corrected chi connectivity index (χ4v) is 3.40. The molecule has 1 heterocycles. The Morgan fingerprint density at radius 2 is 2.13 bits per heavy atom. The lowest BCUT2D eigenvalue weighted by Gasteiger charge is -2.04. The Morgan fingerprint density at radius 3 is 2.91 bits per heavy atom. The second-order valence-electron chi connectivity index (χ2n) is 4.58. The molecule has 0 unspecified atom stereocenters. The second-order valence-corrected chi connectivity index (χ2v) is 6.78. The Bertz CT molecular complexity index is 592. The summed E-state index contributed by atoms with van der Waals surface area (Å²) < 4.78 is 6.04. The molecule has 0 atom stereocenters. The van der Waals surface area contributed by atoms with Crippen LogP contribution in [0.3, 0.4) is 0 Å². The van der Waals surface area contributed by atoms with Gasteiger partial charge in [-0.15, -0.1) is 10.2 Å². The van der Waals surface area contributed by atoms with E-state index in [-0.39, 0.29) is 6.03 Å². The highest BCUT2D eigenvalue weighted by Crippen LogP contribution is 2.28. The van der Waals surface area contributed by atoms with Crippen LogP contribution in [0.25, 0.3) is 0 Å². The summed E-state index contributed by atoms with van der Waals surface area (Å²) in [7, 11) is 0. The van der Waals surface area contributed by atoms with E-state index >= 15 is 0 Å². The van der Waals surface area contributed by atoms with Crippen LogP contribution in [0.1, 0.15) is 18.9 Å². The van der Waals surface area contributed by atoms with Gasteiger partial charge in [-0.2, -0.15) is 0 Å². The minimum atomic E-state index is -0.266. The third kappa shape index (κ3) is 6.98. The lowest BCUT2D eigenvalue weighted by atomic mass is 10.2. The quantitative estimate of drug-likeness (QED) is 0.411. The fraction of sp³-hybridized carbons (Fsp3) is 0.400. The molecule has 0 fully saturated rings. The SMILES string of the molecule is CCOCCCNC(=O)Nc1nnc(SCc2ccccc2)s1. The standard InChI is InChI=1S/C15H20N4O2S2/c1-2-21-10-6-9-16-13(20)17-14-18-19-15(23-14)22-11-12-7-4-3-5-8-12/h3-5,7-8H,2,6,9-11H2,1H3,(H2,16,17,18,20). The van der Waals surface area contributed by atoms with Gasteiger partial charge < -0.3 is 10.1 Å². The highest BCUT2D eigenvalue weighted by atomic mass is 32.2. The molecule has 6 nitrogen and oxygen atoms in total. The molecule has 23 heavy (non-hydrogen) atoms. The van der Waals surface area contributed by atoms with Crippen LogP contribution in [0.2, 0.25) is 0 Å². The van der Waals surface area contributed by atoms with E-state index in [0.717, 1.165) is 16.5 Å². The van der Waals surface area contributed by atoms with E-state index in [2.05, 4.69) is 33.0 Å². The number of benzene rings is 1. The Hall–Kier alpha value is -1.64. The number of thioether (sulfide) groups is 1. The van der Waals surface area contributed by atoms with Gasteiger partial charge in [-0.3, -0.25) is 5.32 Å². The minimum absolute atomic E-state index is 0.266. The lowest BCUT2D eigenvalue weighted by Crippen LogP contribution is -2.30. The molecule has 2 N–H and O–H groups in total. The number of hydrogen-bond donors (Lipinski definition) is 2. The van der Waals surface area contributed by atoms with E-state index in [1.54, 1.807) is 11.8 Å². The van der Waals surface area contributed by atoms with E-state index in [1.807, 2.05) is 25.1 Å². The van der Waals surface area contributed by atoms with Crippen molar-refractivity contribution in [2.24, 2.45) is 0 Å². The van der Waals surface area contributed by atoms with Gasteiger partial charge in [-0.1, -0.05) is 53.4 Å². The van der Waals surface area contributed by atoms with E-state index < -0.39 is 0 Å². The Kier molecular flexibility index (Phi) is 7.85. The molecule has 0 saturated heterocycles. The van der Waals surface area contributed by atoms with Gasteiger partial charge in [0.2, 0.25) is 5.13 Å². The molecule has 0 saturated carbocycles. The normalized spacial score (nSPS) is 10.5. The van der Waals surface area contributed by atoms with Gasteiger partial charge >= 0.3 is 6.03 Å². The molecule has 124 valence electrons. The first-order valence-electron chi connectivity index (χ1n) is 7.40. The Morgan fingerprint density at radius 1 is 1.30 bits per heavy atom. The molecule has 0 aliphatic heterocycles. The molecule has 1 aromatic heterocycles. The number of hydrogen-bond acceptors (Lipinski definition) is 6. The van der Waals surface area contributed by atoms with E-state index in [4.69, 9.17) is 4.74 Å². The number of carbonyl (C=O) groups excluding carboxylic acids is 1. The predicted octanol–water partition coefficient (Wildman–Crippen LogP) is 3.38. The maximum atomic E-state index is 11.7. The van der Waals surface area contributed by atoms with Crippen molar-refractivity contribution >= 4 is 34.3 Å². The molecule has 0 aliphatic rings. The van der Waals surface area contributed by atoms with Crippen LogP contribution in [0.5, 0.6) is 0 Å². The summed E-state index contributed by atoms with van der Waals surface area (Å²) in [5.41, 5.74) is 1.23. The van der Waals surface area contributed by atoms with Gasteiger partial charge in [-0.25, -0.2) is 4.79 Å². The summed E-state index contributed by atoms with van der Waals surface area (Å²) in [4.78, 5) is 11.7. The van der Waals surface area contributed by atoms with Gasteiger partial charge in [0.1, 0.15) is 0 Å². The van der Waals surface area contributed by atoms with Gasteiger partial charge in [0.25, 0.3) is 0 Å². The average molecular weight is 352 g/mol. The highest BCUT2D eigenvalue weighted by Gasteiger charge is 2.08. The first-order valence-corrected chi connectivity index (χ1v) is 9.21. The maximum absolute atomic E-state index is 11.7. The van der Waals surface area contributed by atoms with Gasteiger partial charge in [0, 0.05) is 25.5 Å². The number of urea groups is 1. The van der Waals surface area contributed by atoms with Crippen molar-refractivity contribution in [3.63, 3.8) is 0 Å². The Labute approximate surface area is 144 Å². The van der Waals surface area contributed by atoms with Crippen LogP contribution in [0.15, 0.2) is 34.7 Å². The summed E-state index contributed by atoms with van der Waals surface area (Å²) in [5.74, 6) is 0.832. The van der Waals surface area contributed by atoms with Gasteiger partial charge in [-0.05, 0) is 18.9 Å². The molecule has 8 heteroatoms. The first-order chi connectivity index (χ1) is 11.3. The number of aromatic nitrogens is 2. The number of rotatable bonds is 9. The van der Waals surface area contributed by atoms with E-state index in [0.29, 0.717) is 24.9 Å². The molecule has 0 radical (unpaired) electrons. The van der Waals surface area contributed by atoms with E-state index in [9.17, 15) is 4.79 Å². The molecule has 2 amide bonds. The first kappa shape index (κ1) is 17.7. The van der Waals surface area contributed by atoms with Gasteiger partial charge in [0.15, 0.2) is 4.34 Å². The van der Waals surface area contributed by atoms with Crippen molar-refractivity contribution in [1.82, 2.24) is 15.5 Å². The van der Waals surface area contributed by atoms with E-state index in [1.165, 1.54) is 16.9 Å². The largest absolute Gasteiger partial charge is 0.382 e. The van der Waals surface area contributed by atoms with Crippen LogP contribution in [-0.2, 0) is 10.5 Å². The maximum Gasteiger partial charge on any atom is 0.321 e. The number of carbonyl (C=O) groups is 1. The predicted molar refractivity (Wildman–Crippen MR) is 94.0 cm³/mol. The van der Waals surface area contributed by atoms with Crippen LogP contribution in [0, 0.1) is 0 Å². The number of ether oxygens (including phenoxy) is 1. The third-order valence-corrected chi connectivity index (χ3v) is 4.83. The number of nitrogens with one attached hydrogen (secondary N) is 2. The monoisotopic (exact) mass is 352 g/mol. The average Bonchev–Trinajstić information content (AvgIpc) is 3.01. The van der Waals surface area contributed by atoms with Crippen molar-refractivity contribution in [3.05, 3.63) is 35.9 Å². The summed E-state index contributed by atoms with van der Waals surface area (Å²) in [5, 5.41) is 14.0. The topological polar surface area (TPSA) is 76.1 Å². The van der Waals surface area contributed by atoms with Crippen molar-refractivity contribution in [3.8, 4) is 0 Å². The van der Waals surface area contributed by atoms with Crippen LogP contribution >= 0.6 is 23.1 Å². The fourth-order valence-electron chi connectivity index (χ4n) is 1.70. The van der Waals surface area contributed by atoms with Crippen molar-refractivity contribution in [2.45, 2.75) is 23.4 Å². The molecule has 2 aromatic rings. The molecule has 2 rings (SSSR count). The van der Waals surface area contributed by atoms with Crippen molar-refractivity contribution in [2.75, 3.05) is 25.1 Å². The zero-order valence-corrected chi connectivity index (χ0v) is 14.6. The zero-order valence-electron chi connectivity index (χ0n) is 12.9. The second kappa shape index (κ2) is 10.2. The van der Waals surface area contributed by atoms with Gasteiger partial charge in [0.05, 0.1) is 0 Å². The number of nitrogens with zero attached hydrogens (tertiary/aromatic N) is 2. The van der Waals surface area contributed by atoms with Crippen molar-refractivity contribution < 1.29 is 9.53 Å². The van der Waals surface area contributed by atoms with Crippen LogP contribution < -0.4 is 10.6 Å². The number of amides is 2. The lowest BCUT2D eigenvalue weighted by molar-refractivity contribution is 0.145. The zero-order chi connectivity index (χ0) is 16.3. The van der Waals surface area contributed by atoms with Crippen LogP contribution in [0.4, 0.5) is 9.93 Å². The smallest absolute Gasteiger partial charge is 0.321 e. The molecule has 0 spiro atoms. The third-order valence-electron chi connectivity index (χ3n) is 2.79. The summed E-state index contributed by atoms with van der Waals surface area (Å²) in [6, 6.07) is 9.90. The molecular weight excluding hydrogens is 332 g/mol. The van der Waals surface area contributed by atoms with Crippen LogP contribution in [-0.4, -0.2) is 36.0 Å².